The molecule has 1 aromatic rings. The Morgan fingerprint density at radius 3 is 2.83 bits per heavy atom. The first kappa shape index (κ1) is 13.5. The van der Waals surface area contributed by atoms with Crippen LogP contribution in [0.5, 0.6) is 0 Å². The Balaban J connectivity index is 1.79. The van der Waals surface area contributed by atoms with E-state index in [-0.39, 0.29) is 5.91 Å². The molecule has 1 heterocycles. The van der Waals surface area contributed by atoms with Gasteiger partial charge in [0.25, 0.3) is 0 Å². The van der Waals surface area contributed by atoms with Crippen LogP contribution in [0.3, 0.4) is 0 Å². The molecule has 2 N–H and O–H groups in total. The van der Waals surface area contributed by atoms with E-state index in [1.807, 2.05) is 5.38 Å². The lowest BCUT2D eigenvalue weighted by atomic mass is 9.80. The topological polar surface area (TPSA) is 62.2 Å². The van der Waals surface area contributed by atoms with Gasteiger partial charge in [-0.05, 0) is 19.3 Å². The number of rotatable bonds is 5. The standard InChI is InChI=1S/C13H20N2O2S/c1-9(2)12-15-10(7-18-12)6-11(16)14-8-13(17)4-3-5-13/h7,9,17H,3-6,8H2,1-2H3,(H,14,16). The molecule has 100 valence electrons. The summed E-state index contributed by atoms with van der Waals surface area (Å²) >= 11 is 1.60. The summed E-state index contributed by atoms with van der Waals surface area (Å²) < 4.78 is 0. The fraction of sp³-hybridized carbons (Fsp3) is 0.692. The van der Waals surface area contributed by atoms with Crippen molar-refractivity contribution in [2.75, 3.05) is 6.54 Å². The van der Waals surface area contributed by atoms with E-state index in [1.165, 1.54) is 0 Å². The molecule has 1 aliphatic rings. The van der Waals surface area contributed by atoms with E-state index < -0.39 is 5.60 Å². The lowest BCUT2D eigenvalue weighted by molar-refractivity contribution is -0.122. The van der Waals surface area contributed by atoms with Crippen LogP contribution in [0.1, 0.15) is 49.7 Å². The number of aliphatic hydroxyl groups is 1. The first-order chi connectivity index (χ1) is 8.48. The third-order valence-electron chi connectivity index (χ3n) is 3.30. The lowest BCUT2D eigenvalue weighted by Gasteiger charge is -2.36. The summed E-state index contributed by atoms with van der Waals surface area (Å²) in [4.78, 5) is 16.1. The van der Waals surface area contributed by atoms with Crippen LogP contribution >= 0.6 is 11.3 Å². The maximum atomic E-state index is 11.7. The summed E-state index contributed by atoms with van der Waals surface area (Å²) in [5.74, 6) is 0.346. The molecule has 0 aliphatic heterocycles. The van der Waals surface area contributed by atoms with Crippen molar-refractivity contribution in [2.24, 2.45) is 0 Å². The summed E-state index contributed by atoms with van der Waals surface area (Å²) in [7, 11) is 0. The van der Waals surface area contributed by atoms with Crippen molar-refractivity contribution in [1.29, 1.82) is 0 Å². The van der Waals surface area contributed by atoms with Gasteiger partial charge in [-0.25, -0.2) is 4.98 Å². The molecule has 1 fully saturated rings. The summed E-state index contributed by atoms with van der Waals surface area (Å²) in [5, 5.41) is 15.7. The Labute approximate surface area is 111 Å². The summed E-state index contributed by atoms with van der Waals surface area (Å²) in [5.41, 5.74) is 0.169. The predicted molar refractivity (Wildman–Crippen MR) is 71.7 cm³/mol. The summed E-state index contributed by atoms with van der Waals surface area (Å²) in [6, 6.07) is 0. The van der Waals surface area contributed by atoms with Gasteiger partial charge in [-0.2, -0.15) is 0 Å². The van der Waals surface area contributed by atoms with Crippen molar-refractivity contribution >= 4 is 17.2 Å². The van der Waals surface area contributed by atoms with Gasteiger partial charge in [-0.3, -0.25) is 4.79 Å². The smallest absolute Gasteiger partial charge is 0.226 e. The molecule has 0 saturated heterocycles. The van der Waals surface area contributed by atoms with Crippen molar-refractivity contribution < 1.29 is 9.90 Å². The van der Waals surface area contributed by atoms with Gasteiger partial charge in [0.05, 0.1) is 22.7 Å². The normalized spacial score (nSPS) is 17.6. The highest BCUT2D eigenvalue weighted by molar-refractivity contribution is 7.09. The van der Waals surface area contributed by atoms with E-state index in [9.17, 15) is 9.90 Å². The second-order valence-electron chi connectivity index (χ2n) is 5.36. The first-order valence-corrected chi connectivity index (χ1v) is 7.30. The molecule has 1 aliphatic carbocycles. The van der Waals surface area contributed by atoms with Crippen LogP contribution in [-0.4, -0.2) is 28.1 Å². The van der Waals surface area contributed by atoms with Crippen molar-refractivity contribution in [3.63, 3.8) is 0 Å². The van der Waals surface area contributed by atoms with Crippen molar-refractivity contribution in [3.8, 4) is 0 Å². The highest BCUT2D eigenvalue weighted by Crippen LogP contribution is 2.30. The van der Waals surface area contributed by atoms with E-state index in [0.717, 1.165) is 30.0 Å². The Morgan fingerprint density at radius 2 is 2.33 bits per heavy atom. The van der Waals surface area contributed by atoms with Crippen molar-refractivity contribution in [3.05, 3.63) is 16.1 Å². The maximum absolute atomic E-state index is 11.7. The molecule has 0 aromatic carbocycles. The fourth-order valence-electron chi connectivity index (χ4n) is 1.92. The Hall–Kier alpha value is -0.940. The van der Waals surface area contributed by atoms with Gasteiger partial charge in [0.15, 0.2) is 0 Å². The highest BCUT2D eigenvalue weighted by Gasteiger charge is 2.34. The predicted octanol–water partition coefficient (Wildman–Crippen LogP) is 1.84. The van der Waals surface area contributed by atoms with Gasteiger partial charge in [-0.15, -0.1) is 11.3 Å². The third kappa shape index (κ3) is 3.29. The first-order valence-electron chi connectivity index (χ1n) is 6.42. The largest absolute Gasteiger partial charge is 0.388 e. The molecular formula is C13H20N2O2S. The van der Waals surface area contributed by atoms with Crippen LogP contribution in [0.15, 0.2) is 5.38 Å². The molecular weight excluding hydrogens is 248 g/mol. The molecule has 1 aromatic heterocycles. The minimum atomic E-state index is -0.652. The van der Waals surface area contributed by atoms with Gasteiger partial charge in [0.2, 0.25) is 5.91 Å². The second-order valence-corrected chi connectivity index (χ2v) is 6.25. The van der Waals surface area contributed by atoms with Gasteiger partial charge in [-0.1, -0.05) is 13.8 Å². The SMILES string of the molecule is CC(C)c1nc(CC(=O)NCC2(O)CCC2)cs1. The zero-order chi connectivity index (χ0) is 13.2. The number of nitrogens with zero attached hydrogens (tertiary/aromatic N) is 1. The average molecular weight is 268 g/mol. The number of thiazole rings is 1. The number of carbonyl (C=O) groups is 1. The Bertz CT molecular complexity index is 424. The molecule has 18 heavy (non-hydrogen) atoms. The highest BCUT2D eigenvalue weighted by atomic mass is 32.1. The van der Waals surface area contributed by atoms with Gasteiger partial charge >= 0.3 is 0 Å². The number of nitrogens with one attached hydrogen (secondary N) is 1. The zero-order valence-corrected chi connectivity index (χ0v) is 11.7. The third-order valence-corrected chi connectivity index (χ3v) is 4.50. The van der Waals surface area contributed by atoms with E-state index in [1.54, 1.807) is 11.3 Å². The summed E-state index contributed by atoms with van der Waals surface area (Å²) in [6.45, 7) is 4.55. The molecule has 0 radical (unpaired) electrons. The Kier molecular flexibility index (Phi) is 4.02. The number of hydrogen-bond acceptors (Lipinski definition) is 4. The Morgan fingerprint density at radius 1 is 1.61 bits per heavy atom. The van der Waals surface area contributed by atoms with Crippen LogP contribution in [0.25, 0.3) is 0 Å². The van der Waals surface area contributed by atoms with Crippen LogP contribution in [0, 0.1) is 0 Å². The minimum absolute atomic E-state index is 0.0593. The lowest BCUT2D eigenvalue weighted by Crippen LogP contribution is -2.48. The van der Waals surface area contributed by atoms with Crippen LogP contribution < -0.4 is 5.32 Å². The molecule has 0 atom stereocenters. The van der Waals surface area contributed by atoms with Crippen molar-refractivity contribution in [1.82, 2.24) is 10.3 Å². The quantitative estimate of drug-likeness (QED) is 0.856. The molecule has 0 unspecified atom stereocenters. The van der Waals surface area contributed by atoms with Gasteiger partial charge in [0, 0.05) is 17.8 Å². The van der Waals surface area contributed by atoms with Gasteiger partial charge in [0.1, 0.15) is 0 Å². The van der Waals surface area contributed by atoms with Crippen LogP contribution in [-0.2, 0) is 11.2 Å². The maximum Gasteiger partial charge on any atom is 0.226 e. The molecule has 5 heteroatoms. The minimum Gasteiger partial charge on any atom is -0.388 e. The van der Waals surface area contributed by atoms with Crippen LogP contribution in [0.2, 0.25) is 0 Å². The number of hydrogen-bond donors (Lipinski definition) is 2. The molecule has 2 rings (SSSR count). The monoisotopic (exact) mass is 268 g/mol. The van der Waals surface area contributed by atoms with Crippen molar-refractivity contribution in [2.45, 2.75) is 51.0 Å². The van der Waals surface area contributed by atoms with Gasteiger partial charge < -0.3 is 10.4 Å². The molecule has 1 saturated carbocycles. The second kappa shape index (κ2) is 5.36. The van der Waals surface area contributed by atoms with E-state index in [2.05, 4.69) is 24.1 Å². The van der Waals surface area contributed by atoms with E-state index >= 15 is 0 Å². The molecule has 0 bridgehead atoms. The number of amides is 1. The fourth-order valence-corrected chi connectivity index (χ4v) is 2.76. The number of aromatic nitrogens is 1. The van der Waals surface area contributed by atoms with E-state index in [4.69, 9.17) is 0 Å². The zero-order valence-electron chi connectivity index (χ0n) is 10.9. The average Bonchev–Trinajstić information content (AvgIpc) is 2.72. The molecule has 4 nitrogen and oxygen atoms in total. The number of carbonyl (C=O) groups excluding carboxylic acids is 1. The summed E-state index contributed by atoms with van der Waals surface area (Å²) in [6.07, 6.45) is 2.94. The van der Waals surface area contributed by atoms with E-state index in [0.29, 0.717) is 18.9 Å². The molecule has 1 amide bonds. The van der Waals surface area contributed by atoms with Crippen LogP contribution in [0.4, 0.5) is 0 Å². The molecule has 0 spiro atoms.